The van der Waals surface area contributed by atoms with Gasteiger partial charge < -0.3 is 19.2 Å². The predicted molar refractivity (Wildman–Crippen MR) is 96.6 cm³/mol. The molecular formula is C19H15ClN2O4. The molecule has 2 aromatic carbocycles. The van der Waals surface area contributed by atoms with Crippen molar-refractivity contribution in [2.45, 2.75) is 20.1 Å². The van der Waals surface area contributed by atoms with Crippen LogP contribution in [-0.4, -0.2) is 20.4 Å². The van der Waals surface area contributed by atoms with Crippen molar-refractivity contribution in [1.82, 2.24) is 10.1 Å². The van der Waals surface area contributed by atoms with E-state index in [1.54, 1.807) is 6.07 Å². The van der Waals surface area contributed by atoms with Crippen molar-refractivity contribution in [3.8, 4) is 23.0 Å². The maximum Gasteiger partial charge on any atom is 0.293 e. The van der Waals surface area contributed by atoms with Gasteiger partial charge in [-0.1, -0.05) is 35.0 Å². The average Bonchev–Trinajstić information content (AvgIpc) is 3.25. The Balaban J connectivity index is 1.75. The quantitative estimate of drug-likeness (QED) is 0.519. The highest BCUT2D eigenvalue weighted by atomic mass is 35.5. The first-order chi connectivity index (χ1) is 12.4. The van der Waals surface area contributed by atoms with Gasteiger partial charge in [0.15, 0.2) is 12.1 Å². The van der Waals surface area contributed by atoms with Crippen molar-refractivity contribution < 1.29 is 19.2 Å². The lowest BCUT2D eigenvalue weighted by Crippen LogP contribution is -1.95. The number of halogens is 1. The summed E-state index contributed by atoms with van der Waals surface area (Å²) < 4.78 is 11.2. The Morgan fingerprint density at radius 1 is 1.04 bits per heavy atom. The maximum absolute atomic E-state index is 9.21. The Bertz CT molecular complexity index is 1080. The molecule has 0 fully saturated rings. The first-order valence-corrected chi connectivity index (χ1v) is 8.31. The number of benzene rings is 2. The van der Waals surface area contributed by atoms with Crippen LogP contribution in [0.1, 0.15) is 23.0 Å². The van der Waals surface area contributed by atoms with E-state index in [9.17, 15) is 10.2 Å². The van der Waals surface area contributed by atoms with Crippen LogP contribution in [0.3, 0.4) is 0 Å². The second-order valence-corrected chi connectivity index (χ2v) is 6.50. The van der Waals surface area contributed by atoms with Gasteiger partial charge in [-0.15, -0.1) is 0 Å². The minimum absolute atomic E-state index is 0.248. The Hall–Kier alpha value is -2.67. The van der Waals surface area contributed by atoms with E-state index in [1.807, 2.05) is 32.0 Å². The molecule has 0 saturated heterocycles. The minimum atomic E-state index is -1.59. The molecule has 132 valence electrons. The number of aliphatic hydroxyl groups excluding tert-OH is 1. The van der Waals surface area contributed by atoms with E-state index in [0.29, 0.717) is 16.3 Å². The third kappa shape index (κ3) is 2.78. The number of aromatic nitrogens is 2. The summed E-state index contributed by atoms with van der Waals surface area (Å²) in [6.45, 7) is 3.99. The van der Waals surface area contributed by atoms with Crippen LogP contribution in [0.4, 0.5) is 0 Å². The molecular weight excluding hydrogens is 356 g/mol. The van der Waals surface area contributed by atoms with E-state index in [4.69, 9.17) is 20.5 Å². The summed E-state index contributed by atoms with van der Waals surface area (Å²) in [5.41, 5.74) is 3.72. The molecule has 0 atom stereocenters. The van der Waals surface area contributed by atoms with Crippen molar-refractivity contribution in [1.29, 1.82) is 0 Å². The van der Waals surface area contributed by atoms with E-state index in [1.165, 1.54) is 12.1 Å². The topological polar surface area (TPSA) is 92.5 Å². The van der Waals surface area contributed by atoms with Gasteiger partial charge >= 0.3 is 0 Å². The maximum atomic E-state index is 9.21. The van der Waals surface area contributed by atoms with Crippen LogP contribution >= 0.6 is 11.6 Å². The predicted octanol–water partition coefficient (Wildman–Crippen LogP) is 4.40. The molecule has 4 aromatic rings. The molecule has 0 saturated carbocycles. The van der Waals surface area contributed by atoms with Crippen molar-refractivity contribution in [3.05, 3.63) is 58.1 Å². The molecule has 0 unspecified atom stereocenters. The van der Waals surface area contributed by atoms with Gasteiger partial charge in [0.2, 0.25) is 5.82 Å². The normalized spacial score (nSPS) is 11.6. The molecule has 26 heavy (non-hydrogen) atoms. The first-order valence-electron chi connectivity index (χ1n) is 7.94. The Kier molecular flexibility index (Phi) is 4.03. The summed E-state index contributed by atoms with van der Waals surface area (Å²) >= 11 is 6.20. The fourth-order valence-corrected chi connectivity index (χ4v) is 3.08. The summed E-state index contributed by atoms with van der Waals surface area (Å²) in [6.07, 6.45) is -1.59. The number of hydrogen-bond donors (Lipinski definition) is 2. The van der Waals surface area contributed by atoms with Crippen LogP contribution in [-0.2, 0) is 0 Å². The highest BCUT2D eigenvalue weighted by Gasteiger charge is 2.18. The van der Waals surface area contributed by atoms with Gasteiger partial charge in [-0.25, -0.2) is 0 Å². The largest absolute Gasteiger partial charge is 0.451 e. The Labute approximate surface area is 153 Å². The molecule has 2 aromatic heterocycles. The third-order valence-electron chi connectivity index (χ3n) is 4.27. The smallest absolute Gasteiger partial charge is 0.293 e. The molecule has 2 N–H and O–H groups in total. The molecule has 0 aliphatic heterocycles. The lowest BCUT2D eigenvalue weighted by molar-refractivity contribution is -0.0424. The number of furan rings is 1. The fraction of sp³-hybridized carbons (Fsp3) is 0.158. The van der Waals surface area contributed by atoms with Crippen molar-refractivity contribution in [2.75, 3.05) is 0 Å². The highest BCUT2D eigenvalue weighted by Crippen LogP contribution is 2.33. The highest BCUT2D eigenvalue weighted by molar-refractivity contribution is 6.33. The lowest BCUT2D eigenvalue weighted by Gasteiger charge is -2.05. The van der Waals surface area contributed by atoms with Crippen LogP contribution in [0.5, 0.6) is 0 Å². The summed E-state index contributed by atoms with van der Waals surface area (Å²) in [5.74, 6) is 1.02. The second-order valence-electron chi connectivity index (χ2n) is 6.09. The number of aliphatic hydroxyl groups is 2. The zero-order valence-electron chi connectivity index (χ0n) is 14.0. The van der Waals surface area contributed by atoms with Gasteiger partial charge in [-0.05, 0) is 43.2 Å². The first kappa shape index (κ1) is 16.8. The van der Waals surface area contributed by atoms with Crippen LogP contribution in [0.25, 0.3) is 34.0 Å². The number of aryl methyl sites for hydroxylation is 2. The summed E-state index contributed by atoms with van der Waals surface area (Å²) in [4.78, 5) is 4.36. The summed E-state index contributed by atoms with van der Waals surface area (Å²) in [6, 6.07) is 10.5. The van der Waals surface area contributed by atoms with Crippen LogP contribution < -0.4 is 0 Å². The second kappa shape index (κ2) is 6.25. The minimum Gasteiger partial charge on any atom is -0.451 e. The number of rotatable bonds is 3. The summed E-state index contributed by atoms with van der Waals surface area (Å²) in [5, 5.41) is 23.7. The molecule has 4 rings (SSSR count). The third-order valence-corrected chi connectivity index (χ3v) is 4.58. The van der Waals surface area contributed by atoms with E-state index < -0.39 is 6.29 Å². The number of fused-ring (bicyclic) bond motifs is 1. The van der Waals surface area contributed by atoms with Gasteiger partial charge in [-0.3, -0.25) is 0 Å². The molecule has 0 aliphatic carbocycles. The van der Waals surface area contributed by atoms with E-state index in [-0.39, 0.29) is 17.3 Å². The molecule has 0 radical (unpaired) electrons. The monoisotopic (exact) mass is 370 g/mol. The van der Waals surface area contributed by atoms with Crippen molar-refractivity contribution in [2.24, 2.45) is 0 Å². The standard InChI is InChI=1S/C19H15ClN2O4/c1-9-3-4-10(2)16-13(9)8-15(25-16)18-21-17(22-26-18)12-6-5-11(19(23)24)7-14(12)20/h3-8,19,23-24H,1-2H3. The van der Waals surface area contributed by atoms with Crippen LogP contribution in [0, 0.1) is 13.8 Å². The van der Waals surface area contributed by atoms with E-state index in [0.717, 1.165) is 22.1 Å². The van der Waals surface area contributed by atoms with Gasteiger partial charge in [0.05, 0.1) is 5.02 Å². The van der Waals surface area contributed by atoms with E-state index in [2.05, 4.69) is 10.1 Å². The molecule has 0 amide bonds. The lowest BCUT2D eigenvalue weighted by atomic mass is 10.1. The van der Waals surface area contributed by atoms with Crippen molar-refractivity contribution in [3.63, 3.8) is 0 Å². The summed E-state index contributed by atoms with van der Waals surface area (Å²) in [7, 11) is 0. The van der Waals surface area contributed by atoms with Crippen LogP contribution in [0.15, 0.2) is 45.3 Å². The zero-order chi connectivity index (χ0) is 18.4. The number of hydrogen-bond acceptors (Lipinski definition) is 6. The molecule has 0 aliphatic rings. The Morgan fingerprint density at radius 3 is 2.50 bits per heavy atom. The van der Waals surface area contributed by atoms with E-state index >= 15 is 0 Å². The van der Waals surface area contributed by atoms with Gasteiger partial charge in [0.1, 0.15) is 5.58 Å². The fourth-order valence-electron chi connectivity index (χ4n) is 2.80. The van der Waals surface area contributed by atoms with Gasteiger partial charge in [-0.2, -0.15) is 4.98 Å². The molecule has 0 bridgehead atoms. The SMILES string of the molecule is Cc1ccc(C)c2oc(-c3nc(-c4ccc(C(O)O)cc4Cl)no3)cc12. The molecule has 6 nitrogen and oxygen atoms in total. The zero-order valence-corrected chi connectivity index (χ0v) is 14.8. The van der Waals surface area contributed by atoms with Crippen LogP contribution in [0.2, 0.25) is 5.02 Å². The molecule has 2 heterocycles. The Morgan fingerprint density at radius 2 is 1.81 bits per heavy atom. The molecule has 0 spiro atoms. The average molecular weight is 371 g/mol. The van der Waals surface area contributed by atoms with Gasteiger partial charge in [0.25, 0.3) is 5.89 Å². The molecule has 7 heteroatoms. The van der Waals surface area contributed by atoms with Crippen molar-refractivity contribution >= 4 is 22.6 Å². The number of nitrogens with zero attached hydrogens (tertiary/aromatic N) is 2. The van der Waals surface area contributed by atoms with Gasteiger partial charge in [0, 0.05) is 16.5 Å².